The van der Waals surface area contributed by atoms with E-state index in [9.17, 15) is 9.59 Å². The van der Waals surface area contributed by atoms with Crippen LogP contribution in [0, 0.1) is 5.92 Å². The van der Waals surface area contributed by atoms with Gasteiger partial charge in [0.05, 0.1) is 19.2 Å². The van der Waals surface area contributed by atoms with Crippen LogP contribution >= 0.6 is 0 Å². The van der Waals surface area contributed by atoms with E-state index in [4.69, 9.17) is 9.47 Å². The molecule has 2 saturated heterocycles. The van der Waals surface area contributed by atoms with Crippen LogP contribution in [0.25, 0.3) is 0 Å². The molecule has 1 aromatic rings. The summed E-state index contributed by atoms with van der Waals surface area (Å²) in [6, 6.07) is 7.50. The van der Waals surface area contributed by atoms with Gasteiger partial charge >= 0.3 is 6.03 Å². The predicted octanol–water partition coefficient (Wildman–Crippen LogP) is 1.30. The number of imide groups is 1. The molecule has 3 rings (SSSR count). The minimum absolute atomic E-state index is 0.0650. The van der Waals surface area contributed by atoms with Crippen molar-refractivity contribution in [3.8, 4) is 5.75 Å². The zero-order valence-corrected chi connectivity index (χ0v) is 14.7. The molecule has 2 aliphatic heterocycles. The second-order valence-electron chi connectivity index (χ2n) is 6.43. The molecule has 25 heavy (non-hydrogen) atoms. The summed E-state index contributed by atoms with van der Waals surface area (Å²) in [5, 5.41) is 5.88. The van der Waals surface area contributed by atoms with Crippen LogP contribution in [0.4, 0.5) is 4.79 Å². The molecule has 2 N–H and O–H groups in total. The van der Waals surface area contributed by atoms with Gasteiger partial charge in [-0.15, -0.1) is 0 Å². The van der Waals surface area contributed by atoms with E-state index in [0.29, 0.717) is 13.2 Å². The lowest BCUT2D eigenvalue weighted by atomic mass is 9.77. The molecule has 7 nitrogen and oxygen atoms in total. The molecule has 0 spiro atoms. The van der Waals surface area contributed by atoms with Gasteiger partial charge in [0, 0.05) is 26.2 Å². The second kappa shape index (κ2) is 7.84. The van der Waals surface area contributed by atoms with E-state index in [1.807, 2.05) is 24.3 Å². The number of ether oxygens (including phenoxy) is 2. The Morgan fingerprint density at radius 3 is 2.64 bits per heavy atom. The molecule has 0 radical (unpaired) electrons. The molecule has 3 amide bonds. The normalized spacial score (nSPS) is 26.2. The van der Waals surface area contributed by atoms with Gasteiger partial charge in [0.25, 0.3) is 0 Å². The summed E-state index contributed by atoms with van der Waals surface area (Å²) in [6.45, 7) is 1.90. The van der Waals surface area contributed by atoms with E-state index < -0.39 is 0 Å². The Labute approximate surface area is 147 Å². The van der Waals surface area contributed by atoms with Crippen molar-refractivity contribution in [1.82, 2.24) is 15.5 Å². The number of piperidine rings is 1. The Morgan fingerprint density at radius 1 is 1.20 bits per heavy atom. The van der Waals surface area contributed by atoms with Crippen LogP contribution in [0.3, 0.4) is 0 Å². The van der Waals surface area contributed by atoms with Crippen LogP contribution < -0.4 is 15.4 Å². The molecule has 1 aromatic carbocycles. The van der Waals surface area contributed by atoms with Gasteiger partial charge in [-0.1, -0.05) is 12.1 Å². The van der Waals surface area contributed by atoms with Crippen molar-refractivity contribution in [3.63, 3.8) is 0 Å². The third-order valence-corrected chi connectivity index (χ3v) is 5.00. The van der Waals surface area contributed by atoms with Crippen molar-refractivity contribution in [3.05, 3.63) is 29.8 Å². The Hall–Kier alpha value is -2.12. The molecule has 2 heterocycles. The van der Waals surface area contributed by atoms with Gasteiger partial charge in [-0.2, -0.15) is 0 Å². The first-order chi connectivity index (χ1) is 12.2. The lowest BCUT2D eigenvalue weighted by Crippen LogP contribution is -2.68. The first kappa shape index (κ1) is 17.7. The minimum atomic E-state index is -0.328. The van der Waals surface area contributed by atoms with E-state index >= 15 is 0 Å². The first-order valence-corrected chi connectivity index (χ1v) is 8.63. The average molecular weight is 347 g/mol. The fraction of sp³-hybridized carbons (Fsp3) is 0.556. The number of carbonyl (C=O) groups is 2. The molecule has 2 fully saturated rings. The maximum absolute atomic E-state index is 12.6. The maximum Gasteiger partial charge on any atom is 0.325 e. The summed E-state index contributed by atoms with van der Waals surface area (Å²) < 4.78 is 10.3. The Kier molecular flexibility index (Phi) is 5.55. The number of hydrogen-bond donors (Lipinski definition) is 2. The number of fused-ring (bicyclic) bond motifs is 1. The number of rotatable bonds is 6. The van der Waals surface area contributed by atoms with Crippen LogP contribution in [0.15, 0.2) is 24.3 Å². The summed E-state index contributed by atoms with van der Waals surface area (Å²) >= 11 is 0. The lowest BCUT2D eigenvalue weighted by molar-refractivity contribution is -0.131. The molecule has 2 aliphatic rings. The van der Waals surface area contributed by atoms with Crippen molar-refractivity contribution < 1.29 is 19.1 Å². The smallest absolute Gasteiger partial charge is 0.325 e. The maximum atomic E-state index is 12.6. The first-order valence-electron chi connectivity index (χ1n) is 8.63. The van der Waals surface area contributed by atoms with Gasteiger partial charge in [-0.05, 0) is 37.1 Å². The quantitative estimate of drug-likeness (QED) is 0.759. The third-order valence-electron chi connectivity index (χ3n) is 5.00. The molecule has 0 aliphatic carbocycles. The fourth-order valence-electron chi connectivity index (χ4n) is 3.78. The largest absolute Gasteiger partial charge is 0.497 e. The summed E-state index contributed by atoms with van der Waals surface area (Å²) in [5.74, 6) is 0.349. The van der Waals surface area contributed by atoms with Crippen LogP contribution in [0.1, 0.15) is 24.3 Å². The molecule has 0 saturated carbocycles. The van der Waals surface area contributed by atoms with Crippen molar-refractivity contribution in [1.29, 1.82) is 0 Å². The number of methoxy groups -OCH3 is 2. The van der Waals surface area contributed by atoms with Crippen molar-refractivity contribution in [2.75, 3.05) is 33.9 Å². The summed E-state index contributed by atoms with van der Waals surface area (Å²) in [7, 11) is 3.27. The number of nitrogens with zero attached hydrogens (tertiary/aromatic N) is 1. The molecule has 3 unspecified atom stereocenters. The summed E-state index contributed by atoms with van der Waals surface area (Å²) in [6.07, 6.45) is 1.30. The van der Waals surface area contributed by atoms with Gasteiger partial charge in [-0.25, -0.2) is 4.79 Å². The van der Waals surface area contributed by atoms with Crippen LogP contribution in [0.2, 0.25) is 0 Å². The van der Waals surface area contributed by atoms with E-state index in [-0.39, 0.29) is 29.9 Å². The molecule has 7 heteroatoms. The predicted molar refractivity (Wildman–Crippen MR) is 92.4 cm³/mol. The van der Waals surface area contributed by atoms with Gasteiger partial charge in [0.15, 0.2) is 0 Å². The molecule has 0 aromatic heterocycles. The van der Waals surface area contributed by atoms with Gasteiger partial charge in [0.1, 0.15) is 5.75 Å². The summed E-state index contributed by atoms with van der Waals surface area (Å²) in [5.41, 5.74) is 1.10. The lowest BCUT2D eigenvalue weighted by Gasteiger charge is -2.46. The third kappa shape index (κ3) is 3.62. The van der Waals surface area contributed by atoms with Gasteiger partial charge in [-0.3, -0.25) is 15.4 Å². The Morgan fingerprint density at radius 2 is 1.96 bits per heavy atom. The van der Waals surface area contributed by atoms with Crippen LogP contribution in [-0.4, -0.2) is 56.9 Å². The monoisotopic (exact) mass is 347 g/mol. The standard InChI is InChI=1S/C18H25N3O4/c1-24-11-3-10-21-16-15(17(22)20-18(21)23)14(8-9-19-16)12-4-6-13(25-2)7-5-12/h4-7,14-16,19H,3,8-11H2,1-2H3,(H,20,22,23). The van der Waals surface area contributed by atoms with Gasteiger partial charge < -0.3 is 14.4 Å². The zero-order valence-electron chi connectivity index (χ0n) is 14.7. The minimum Gasteiger partial charge on any atom is -0.497 e. The highest BCUT2D eigenvalue weighted by Gasteiger charge is 2.47. The van der Waals surface area contributed by atoms with E-state index in [0.717, 1.165) is 30.7 Å². The number of benzene rings is 1. The molecule has 3 atom stereocenters. The van der Waals surface area contributed by atoms with Crippen LogP contribution in [0.5, 0.6) is 5.75 Å². The van der Waals surface area contributed by atoms with Crippen molar-refractivity contribution >= 4 is 11.9 Å². The Bertz CT molecular complexity index is 619. The molecular formula is C18H25N3O4. The van der Waals surface area contributed by atoms with Crippen molar-refractivity contribution in [2.24, 2.45) is 5.92 Å². The highest BCUT2D eigenvalue weighted by atomic mass is 16.5. The second-order valence-corrected chi connectivity index (χ2v) is 6.43. The number of hydrogen-bond acceptors (Lipinski definition) is 5. The number of carbonyl (C=O) groups excluding carboxylic acids is 2. The highest BCUT2D eigenvalue weighted by molar-refractivity contribution is 5.99. The van der Waals surface area contributed by atoms with E-state index in [1.165, 1.54) is 0 Å². The molecular weight excluding hydrogens is 322 g/mol. The van der Waals surface area contributed by atoms with E-state index in [2.05, 4.69) is 10.6 Å². The van der Waals surface area contributed by atoms with Gasteiger partial charge in [0.2, 0.25) is 5.91 Å². The SMILES string of the molecule is COCCCN1C(=O)NC(=O)C2C(c3ccc(OC)cc3)CCNC21. The number of nitrogens with one attached hydrogen (secondary N) is 2. The number of amides is 3. The van der Waals surface area contributed by atoms with E-state index in [1.54, 1.807) is 19.1 Å². The fourth-order valence-corrected chi connectivity index (χ4v) is 3.78. The topological polar surface area (TPSA) is 79.9 Å². The van der Waals surface area contributed by atoms with Crippen LogP contribution in [-0.2, 0) is 9.53 Å². The summed E-state index contributed by atoms with van der Waals surface area (Å²) in [4.78, 5) is 26.6. The van der Waals surface area contributed by atoms with Crippen molar-refractivity contribution in [2.45, 2.75) is 24.9 Å². The molecule has 136 valence electrons. The molecule has 0 bridgehead atoms. The number of urea groups is 1. The highest BCUT2D eigenvalue weighted by Crippen LogP contribution is 2.37. The average Bonchev–Trinajstić information content (AvgIpc) is 2.64. The Balaban J connectivity index is 1.82. The zero-order chi connectivity index (χ0) is 17.8.